The third kappa shape index (κ3) is 3.96. The van der Waals surface area contributed by atoms with Crippen LogP contribution in [0.15, 0.2) is 24.3 Å². The first-order valence-electron chi connectivity index (χ1n) is 7.31. The molecule has 0 spiro atoms. The Hall–Kier alpha value is -1.57. The zero-order valence-corrected chi connectivity index (χ0v) is 12.3. The summed E-state index contributed by atoms with van der Waals surface area (Å²) in [5, 5.41) is 12.9. The maximum absolute atomic E-state index is 9.54. The molecule has 108 valence electrons. The standard InChI is InChI=1S/C16H23N3O/c1-13(2)20-15-6-3-5-14(11-15)16(12-17)19-9-4-7-18-8-10-19/h3,5-6,11,13,16,18H,4,7-10H2,1-2H3. The minimum atomic E-state index is -0.189. The van der Waals surface area contributed by atoms with E-state index in [1.807, 2.05) is 38.1 Å². The monoisotopic (exact) mass is 273 g/mol. The lowest BCUT2D eigenvalue weighted by Crippen LogP contribution is -2.31. The fourth-order valence-electron chi connectivity index (χ4n) is 2.52. The zero-order valence-electron chi connectivity index (χ0n) is 12.3. The van der Waals surface area contributed by atoms with E-state index in [1.165, 1.54) is 0 Å². The Balaban J connectivity index is 2.16. The minimum absolute atomic E-state index is 0.146. The van der Waals surface area contributed by atoms with Crippen LogP contribution in [0.5, 0.6) is 5.75 Å². The molecule has 1 aliphatic heterocycles. The van der Waals surface area contributed by atoms with Gasteiger partial charge in [0.1, 0.15) is 11.8 Å². The number of benzene rings is 1. The molecular formula is C16H23N3O. The molecule has 1 unspecified atom stereocenters. The number of hydrogen-bond acceptors (Lipinski definition) is 4. The Morgan fingerprint density at radius 3 is 2.90 bits per heavy atom. The van der Waals surface area contributed by atoms with Crippen LogP contribution in [0.2, 0.25) is 0 Å². The third-order valence-electron chi connectivity index (χ3n) is 3.41. The number of nitrogens with zero attached hydrogens (tertiary/aromatic N) is 2. The number of ether oxygens (including phenoxy) is 1. The van der Waals surface area contributed by atoms with Gasteiger partial charge in [0.25, 0.3) is 0 Å². The van der Waals surface area contributed by atoms with E-state index in [2.05, 4.69) is 16.3 Å². The predicted molar refractivity (Wildman–Crippen MR) is 79.6 cm³/mol. The Morgan fingerprint density at radius 1 is 1.30 bits per heavy atom. The summed E-state index contributed by atoms with van der Waals surface area (Å²) >= 11 is 0. The average molecular weight is 273 g/mol. The molecule has 1 heterocycles. The van der Waals surface area contributed by atoms with Crippen LogP contribution in [0.4, 0.5) is 0 Å². The van der Waals surface area contributed by atoms with Crippen LogP contribution < -0.4 is 10.1 Å². The number of rotatable bonds is 4. The van der Waals surface area contributed by atoms with Crippen molar-refractivity contribution in [3.63, 3.8) is 0 Å². The van der Waals surface area contributed by atoms with Gasteiger partial charge in [-0.2, -0.15) is 5.26 Å². The summed E-state index contributed by atoms with van der Waals surface area (Å²) in [5.74, 6) is 0.839. The maximum atomic E-state index is 9.54. The van der Waals surface area contributed by atoms with Crippen LogP contribution in [-0.4, -0.2) is 37.2 Å². The molecule has 4 heteroatoms. The van der Waals surface area contributed by atoms with Gasteiger partial charge in [0, 0.05) is 19.6 Å². The van der Waals surface area contributed by atoms with Gasteiger partial charge in [-0.1, -0.05) is 12.1 Å². The van der Waals surface area contributed by atoms with Gasteiger partial charge in [-0.25, -0.2) is 0 Å². The van der Waals surface area contributed by atoms with E-state index in [1.54, 1.807) is 0 Å². The molecule has 1 atom stereocenters. The summed E-state index contributed by atoms with van der Waals surface area (Å²) in [5.41, 5.74) is 1.02. The van der Waals surface area contributed by atoms with E-state index in [0.29, 0.717) is 0 Å². The molecule has 1 fully saturated rings. The van der Waals surface area contributed by atoms with Crippen LogP contribution >= 0.6 is 0 Å². The van der Waals surface area contributed by atoms with Gasteiger partial charge >= 0.3 is 0 Å². The van der Waals surface area contributed by atoms with Gasteiger partial charge in [-0.3, -0.25) is 4.90 Å². The lowest BCUT2D eigenvalue weighted by Gasteiger charge is -2.25. The molecule has 0 saturated carbocycles. The van der Waals surface area contributed by atoms with Gasteiger partial charge in [-0.05, 0) is 44.5 Å². The lowest BCUT2D eigenvalue weighted by molar-refractivity contribution is 0.237. The van der Waals surface area contributed by atoms with E-state index in [9.17, 15) is 5.26 Å². The molecule has 2 rings (SSSR count). The number of nitriles is 1. The summed E-state index contributed by atoms with van der Waals surface area (Å²) in [4.78, 5) is 2.24. The van der Waals surface area contributed by atoms with Crippen molar-refractivity contribution < 1.29 is 4.74 Å². The van der Waals surface area contributed by atoms with E-state index in [4.69, 9.17) is 4.74 Å². The molecule has 0 amide bonds. The summed E-state index contributed by atoms with van der Waals surface area (Å²) in [6, 6.07) is 10.2. The summed E-state index contributed by atoms with van der Waals surface area (Å²) in [6.07, 6.45) is 1.23. The van der Waals surface area contributed by atoms with Crippen molar-refractivity contribution in [2.24, 2.45) is 0 Å². The van der Waals surface area contributed by atoms with Gasteiger partial charge < -0.3 is 10.1 Å². The highest BCUT2D eigenvalue weighted by atomic mass is 16.5. The van der Waals surface area contributed by atoms with Crippen molar-refractivity contribution in [1.82, 2.24) is 10.2 Å². The second-order valence-corrected chi connectivity index (χ2v) is 5.41. The highest BCUT2D eigenvalue weighted by Crippen LogP contribution is 2.24. The summed E-state index contributed by atoms with van der Waals surface area (Å²) < 4.78 is 5.72. The van der Waals surface area contributed by atoms with Gasteiger partial charge in [0.05, 0.1) is 12.2 Å². The smallest absolute Gasteiger partial charge is 0.124 e. The average Bonchev–Trinajstić information content (AvgIpc) is 2.68. The quantitative estimate of drug-likeness (QED) is 0.914. The van der Waals surface area contributed by atoms with E-state index in [-0.39, 0.29) is 12.1 Å². The molecule has 0 aromatic heterocycles. The Morgan fingerprint density at radius 2 is 2.15 bits per heavy atom. The third-order valence-corrected chi connectivity index (χ3v) is 3.41. The molecule has 1 N–H and O–H groups in total. The number of hydrogen-bond donors (Lipinski definition) is 1. The molecule has 1 aromatic rings. The second-order valence-electron chi connectivity index (χ2n) is 5.41. The van der Waals surface area contributed by atoms with Crippen LogP contribution in [0, 0.1) is 11.3 Å². The van der Waals surface area contributed by atoms with Crippen molar-refractivity contribution >= 4 is 0 Å². The molecular weight excluding hydrogens is 250 g/mol. The summed E-state index contributed by atoms with van der Waals surface area (Å²) in [7, 11) is 0. The van der Waals surface area contributed by atoms with E-state index in [0.717, 1.165) is 43.9 Å². The van der Waals surface area contributed by atoms with Crippen molar-refractivity contribution in [1.29, 1.82) is 5.26 Å². The molecule has 0 aliphatic carbocycles. The molecule has 4 nitrogen and oxygen atoms in total. The zero-order chi connectivity index (χ0) is 14.4. The maximum Gasteiger partial charge on any atom is 0.124 e. The van der Waals surface area contributed by atoms with Crippen LogP contribution in [0.1, 0.15) is 31.9 Å². The fourth-order valence-corrected chi connectivity index (χ4v) is 2.52. The first kappa shape index (κ1) is 14.8. The lowest BCUT2D eigenvalue weighted by atomic mass is 10.1. The first-order chi connectivity index (χ1) is 9.70. The highest BCUT2D eigenvalue weighted by molar-refractivity contribution is 5.33. The topological polar surface area (TPSA) is 48.3 Å². The molecule has 1 aromatic carbocycles. The van der Waals surface area contributed by atoms with Gasteiger partial charge in [-0.15, -0.1) is 0 Å². The Bertz CT molecular complexity index is 459. The predicted octanol–water partition coefficient (Wildman–Crippen LogP) is 2.33. The molecule has 0 radical (unpaired) electrons. The Labute approximate surface area is 121 Å². The summed E-state index contributed by atoms with van der Waals surface area (Å²) in [6.45, 7) is 7.86. The van der Waals surface area contributed by atoms with Crippen LogP contribution in [0.25, 0.3) is 0 Å². The number of nitrogens with one attached hydrogen (secondary N) is 1. The molecule has 20 heavy (non-hydrogen) atoms. The van der Waals surface area contributed by atoms with Crippen LogP contribution in [-0.2, 0) is 0 Å². The Kier molecular flexibility index (Phi) is 5.40. The van der Waals surface area contributed by atoms with Crippen molar-refractivity contribution in [3.8, 4) is 11.8 Å². The van der Waals surface area contributed by atoms with Crippen LogP contribution in [0.3, 0.4) is 0 Å². The van der Waals surface area contributed by atoms with Gasteiger partial charge in [0.2, 0.25) is 0 Å². The molecule has 1 saturated heterocycles. The van der Waals surface area contributed by atoms with Crippen molar-refractivity contribution in [2.45, 2.75) is 32.4 Å². The van der Waals surface area contributed by atoms with E-state index >= 15 is 0 Å². The minimum Gasteiger partial charge on any atom is -0.491 e. The van der Waals surface area contributed by atoms with Crippen molar-refractivity contribution in [3.05, 3.63) is 29.8 Å². The SMILES string of the molecule is CC(C)Oc1cccc(C(C#N)N2CCCNCC2)c1. The normalized spacial score (nSPS) is 18.3. The largest absolute Gasteiger partial charge is 0.491 e. The van der Waals surface area contributed by atoms with Crippen molar-refractivity contribution in [2.75, 3.05) is 26.2 Å². The fraction of sp³-hybridized carbons (Fsp3) is 0.562. The van der Waals surface area contributed by atoms with E-state index < -0.39 is 0 Å². The first-order valence-corrected chi connectivity index (χ1v) is 7.31. The second kappa shape index (κ2) is 7.28. The molecule has 0 bridgehead atoms. The van der Waals surface area contributed by atoms with Gasteiger partial charge in [0.15, 0.2) is 0 Å². The molecule has 1 aliphatic rings. The highest BCUT2D eigenvalue weighted by Gasteiger charge is 2.21.